The first-order valence-electron chi connectivity index (χ1n) is 22.8. The molecule has 0 N–H and O–H groups in total. The summed E-state index contributed by atoms with van der Waals surface area (Å²) in [6.45, 7) is 9.82. The van der Waals surface area contributed by atoms with E-state index in [1.54, 1.807) is 11.1 Å². The molecule has 4 saturated carbocycles. The van der Waals surface area contributed by atoms with Gasteiger partial charge in [-0.25, -0.2) is 0 Å². The van der Waals surface area contributed by atoms with Crippen molar-refractivity contribution in [2.75, 3.05) is 4.90 Å². The Labute approximate surface area is 350 Å². The van der Waals surface area contributed by atoms with E-state index in [0.29, 0.717) is 17.3 Å². The van der Waals surface area contributed by atoms with Gasteiger partial charge < -0.3 is 4.90 Å². The summed E-state index contributed by atoms with van der Waals surface area (Å²) in [4.78, 5) is 2.60. The van der Waals surface area contributed by atoms with E-state index < -0.39 is 0 Å². The van der Waals surface area contributed by atoms with Crippen molar-refractivity contribution in [1.82, 2.24) is 0 Å². The van der Waals surface area contributed by atoms with E-state index in [1.165, 1.54) is 99.7 Å². The third-order valence-corrected chi connectivity index (χ3v) is 17.9. The maximum absolute atomic E-state index is 2.71. The van der Waals surface area contributed by atoms with Crippen LogP contribution in [-0.2, 0) is 16.2 Å². The van der Waals surface area contributed by atoms with Crippen molar-refractivity contribution in [2.45, 2.75) is 88.4 Å². The highest BCUT2D eigenvalue weighted by Crippen LogP contribution is 2.90. The summed E-state index contributed by atoms with van der Waals surface area (Å²) < 4.78 is 0. The average Bonchev–Trinajstić information content (AvgIpc) is 3.90. The fraction of sp³-hybridized carbons (Fsp3) is 0.345. The van der Waals surface area contributed by atoms with Gasteiger partial charge in [0.15, 0.2) is 0 Å². The molecule has 8 unspecified atom stereocenters. The standard InChI is InChI=1S/C58H55N/c1-55(2)26-27-56(3,4)52-34-46(23-25-50(52)55)59(44-20-18-38(19-21-44)40-15-17-41-30-39(14-16-42(41)31-40)37-10-6-5-7-11-37)45-22-24-48-47-12-8-9-13-49(47)58(51(48)33-45)53-29-36-28-43-32-54(58)57(43,53)35-36/h5-25,30-31,33-34,36,43,47,49,53-54H,26-29,32,35H2,1-4H3. The molecule has 1 heteroatoms. The zero-order valence-corrected chi connectivity index (χ0v) is 35.1. The van der Waals surface area contributed by atoms with Gasteiger partial charge in [0.1, 0.15) is 0 Å². The Morgan fingerprint density at radius 2 is 1.12 bits per heavy atom. The first-order valence-corrected chi connectivity index (χ1v) is 22.8. The Morgan fingerprint density at radius 3 is 1.85 bits per heavy atom. The smallest absolute Gasteiger partial charge is 0.0464 e. The van der Waals surface area contributed by atoms with Gasteiger partial charge in [0.05, 0.1) is 0 Å². The number of hydrogen-bond acceptors (Lipinski definition) is 1. The van der Waals surface area contributed by atoms with E-state index >= 15 is 0 Å². The molecule has 59 heavy (non-hydrogen) atoms. The predicted octanol–water partition coefficient (Wildman–Crippen LogP) is 15.1. The van der Waals surface area contributed by atoms with Crippen molar-refractivity contribution in [3.63, 3.8) is 0 Å². The van der Waals surface area contributed by atoms with E-state index in [4.69, 9.17) is 0 Å². The van der Waals surface area contributed by atoms with Crippen molar-refractivity contribution < 1.29 is 0 Å². The lowest BCUT2D eigenvalue weighted by atomic mass is 9.26. The number of hydrogen-bond donors (Lipinski definition) is 0. The Balaban J connectivity index is 0.931. The molecule has 0 aliphatic heterocycles. The van der Waals surface area contributed by atoms with Gasteiger partial charge in [-0.2, -0.15) is 0 Å². The van der Waals surface area contributed by atoms with Gasteiger partial charge in [0.25, 0.3) is 0 Å². The van der Waals surface area contributed by atoms with Gasteiger partial charge in [-0.3, -0.25) is 0 Å². The van der Waals surface area contributed by atoms with E-state index in [-0.39, 0.29) is 16.2 Å². The van der Waals surface area contributed by atoms with Crippen LogP contribution in [0.1, 0.15) is 94.4 Å². The molecule has 6 aromatic carbocycles. The van der Waals surface area contributed by atoms with Gasteiger partial charge >= 0.3 is 0 Å². The van der Waals surface area contributed by atoms with E-state index in [9.17, 15) is 0 Å². The first-order chi connectivity index (χ1) is 28.6. The normalized spacial score (nSPS) is 31.6. The van der Waals surface area contributed by atoms with Crippen molar-refractivity contribution >= 4 is 27.8 Å². The Morgan fingerprint density at radius 1 is 0.508 bits per heavy atom. The van der Waals surface area contributed by atoms with E-state index in [0.717, 1.165) is 23.7 Å². The maximum Gasteiger partial charge on any atom is 0.0464 e. The van der Waals surface area contributed by atoms with Crippen LogP contribution in [0, 0.1) is 35.0 Å². The molecule has 0 saturated heterocycles. The zero-order valence-electron chi connectivity index (χ0n) is 35.1. The second-order valence-corrected chi connectivity index (χ2v) is 21.2. The van der Waals surface area contributed by atoms with Crippen LogP contribution >= 0.6 is 0 Å². The summed E-state index contributed by atoms with van der Waals surface area (Å²) in [5, 5.41) is 2.55. The molecular formula is C58H55N. The molecule has 7 aliphatic carbocycles. The summed E-state index contributed by atoms with van der Waals surface area (Å²) in [5.74, 6) is 4.78. The fourth-order valence-electron chi connectivity index (χ4n) is 15.2. The second-order valence-electron chi connectivity index (χ2n) is 21.2. The average molecular weight is 766 g/mol. The predicted molar refractivity (Wildman–Crippen MR) is 246 cm³/mol. The number of rotatable bonds is 5. The molecule has 0 aromatic heterocycles. The van der Waals surface area contributed by atoms with Gasteiger partial charge in [0, 0.05) is 28.4 Å². The topological polar surface area (TPSA) is 3.24 Å². The molecule has 7 aliphatic rings. The van der Waals surface area contributed by atoms with E-state index in [2.05, 4.69) is 184 Å². The maximum atomic E-state index is 2.71. The highest BCUT2D eigenvalue weighted by Gasteiger charge is 2.85. The molecule has 8 atom stereocenters. The highest BCUT2D eigenvalue weighted by atomic mass is 15.1. The number of nitrogens with zero attached hydrogens (tertiary/aromatic N) is 1. The van der Waals surface area contributed by atoms with Crippen LogP contribution < -0.4 is 4.90 Å². The molecule has 0 radical (unpaired) electrons. The lowest BCUT2D eigenvalue weighted by Gasteiger charge is -2.78. The monoisotopic (exact) mass is 765 g/mol. The Kier molecular flexibility index (Phi) is 6.93. The molecule has 2 spiro atoms. The van der Waals surface area contributed by atoms with E-state index in [1.807, 2.05) is 0 Å². The lowest BCUT2D eigenvalue weighted by molar-refractivity contribution is -0.259. The van der Waals surface area contributed by atoms with Crippen LogP contribution in [0.4, 0.5) is 17.1 Å². The minimum absolute atomic E-state index is 0.132. The molecule has 2 bridgehead atoms. The third kappa shape index (κ3) is 4.52. The van der Waals surface area contributed by atoms with Crippen molar-refractivity contribution in [3.8, 4) is 22.3 Å². The van der Waals surface area contributed by atoms with Crippen molar-refractivity contribution in [1.29, 1.82) is 0 Å². The largest absolute Gasteiger partial charge is 0.310 e. The SMILES string of the molecule is CC1(C)CCC(C)(C)c2cc(N(c3ccc(-c4ccc5cc(-c6ccccc6)ccc5c4)cc3)c3ccc4c(c3)C3(C5C=CC=CC45)C4CC5CC6CC3C64C5)ccc21. The molecular weight excluding hydrogens is 711 g/mol. The van der Waals surface area contributed by atoms with Crippen LogP contribution in [0.5, 0.6) is 0 Å². The molecule has 4 fully saturated rings. The Hall–Kier alpha value is -5.14. The summed E-state index contributed by atoms with van der Waals surface area (Å²) in [6, 6.07) is 49.2. The number of anilines is 3. The Bertz CT molecular complexity index is 2780. The number of fused-ring (bicyclic) bond motifs is 10. The minimum atomic E-state index is 0.132. The van der Waals surface area contributed by atoms with Gasteiger partial charge in [0.2, 0.25) is 0 Å². The fourth-order valence-corrected chi connectivity index (χ4v) is 15.2. The van der Waals surface area contributed by atoms with Gasteiger partial charge in [-0.15, -0.1) is 0 Å². The molecule has 1 nitrogen and oxygen atoms in total. The minimum Gasteiger partial charge on any atom is -0.310 e. The number of allylic oxidation sites excluding steroid dienone is 4. The quantitative estimate of drug-likeness (QED) is 0.169. The molecule has 0 amide bonds. The number of benzene rings is 6. The summed E-state index contributed by atoms with van der Waals surface area (Å²) >= 11 is 0. The van der Waals surface area contributed by atoms with Crippen molar-refractivity contribution in [3.05, 3.63) is 174 Å². The van der Waals surface area contributed by atoms with Crippen molar-refractivity contribution in [2.24, 2.45) is 35.0 Å². The zero-order chi connectivity index (χ0) is 39.5. The first kappa shape index (κ1) is 34.7. The van der Waals surface area contributed by atoms with Gasteiger partial charge in [-0.05, 0) is 188 Å². The second kappa shape index (κ2) is 11.8. The highest BCUT2D eigenvalue weighted by molar-refractivity contribution is 5.91. The van der Waals surface area contributed by atoms with Crippen LogP contribution in [0.3, 0.4) is 0 Å². The molecule has 6 aromatic rings. The van der Waals surface area contributed by atoms with Crippen LogP contribution in [0.15, 0.2) is 152 Å². The summed E-state index contributed by atoms with van der Waals surface area (Å²) in [5.41, 5.74) is 16.4. The molecule has 13 rings (SSSR count). The summed E-state index contributed by atoms with van der Waals surface area (Å²) in [6.07, 6.45) is 18.3. The van der Waals surface area contributed by atoms with Crippen LogP contribution in [0.2, 0.25) is 0 Å². The third-order valence-electron chi connectivity index (χ3n) is 17.9. The van der Waals surface area contributed by atoms with Crippen LogP contribution in [-0.4, -0.2) is 0 Å². The van der Waals surface area contributed by atoms with Crippen LogP contribution in [0.25, 0.3) is 33.0 Å². The molecule has 0 heterocycles. The molecule has 292 valence electrons. The van der Waals surface area contributed by atoms with Gasteiger partial charge in [-0.1, -0.05) is 131 Å². The lowest BCUT2D eigenvalue weighted by Crippen LogP contribution is -2.75. The summed E-state index contributed by atoms with van der Waals surface area (Å²) in [7, 11) is 0.